The van der Waals surface area contributed by atoms with Gasteiger partial charge in [-0.1, -0.05) is 25.1 Å². The number of carbonyl (C=O) groups is 2. The van der Waals surface area contributed by atoms with Crippen LogP contribution in [0, 0.1) is 6.92 Å². The van der Waals surface area contributed by atoms with Crippen LogP contribution in [-0.2, 0) is 21.1 Å². The van der Waals surface area contributed by atoms with Crippen LogP contribution < -0.4 is 10.2 Å². The van der Waals surface area contributed by atoms with Crippen molar-refractivity contribution < 1.29 is 18.0 Å². The molecular formula is C16H20N2O4S. The number of anilines is 1. The van der Waals surface area contributed by atoms with Crippen molar-refractivity contribution in [2.45, 2.75) is 38.6 Å². The van der Waals surface area contributed by atoms with Gasteiger partial charge in [-0.25, -0.2) is 18.1 Å². The van der Waals surface area contributed by atoms with Gasteiger partial charge >= 0.3 is 6.03 Å². The molecule has 3 amide bonds. The summed E-state index contributed by atoms with van der Waals surface area (Å²) in [6.45, 7) is 3.84. The topological polar surface area (TPSA) is 83.6 Å². The summed E-state index contributed by atoms with van der Waals surface area (Å²) >= 11 is 0. The molecule has 2 saturated heterocycles. The highest BCUT2D eigenvalue weighted by molar-refractivity contribution is 7.91. The molecule has 0 atom stereocenters. The van der Waals surface area contributed by atoms with Crippen molar-refractivity contribution in [3.05, 3.63) is 29.3 Å². The standard InChI is InChI=1S/C16H20N2O4S/c1-3-12-6-4-5-11(2)13(12)18-14(19)16(17-15(18)20)7-9-23(21,22)10-8-16/h4-6H,3,7-10H2,1-2H3,(H,17,20). The van der Waals surface area contributed by atoms with Gasteiger partial charge in [-0.05, 0) is 37.3 Å². The monoisotopic (exact) mass is 336 g/mol. The molecule has 2 heterocycles. The quantitative estimate of drug-likeness (QED) is 0.831. The van der Waals surface area contributed by atoms with Crippen molar-refractivity contribution in [2.75, 3.05) is 16.4 Å². The average Bonchev–Trinajstić information content (AvgIpc) is 2.74. The van der Waals surface area contributed by atoms with Gasteiger partial charge in [0.25, 0.3) is 5.91 Å². The molecule has 124 valence electrons. The number of amides is 3. The van der Waals surface area contributed by atoms with E-state index in [0.29, 0.717) is 12.1 Å². The molecular weight excluding hydrogens is 316 g/mol. The Hall–Kier alpha value is -1.89. The van der Waals surface area contributed by atoms with Crippen LogP contribution in [0.25, 0.3) is 0 Å². The van der Waals surface area contributed by atoms with Crippen LogP contribution in [0.5, 0.6) is 0 Å². The molecule has 1 spiro atoms. The summed E-state index contributed by atoms with van der Waals surface area (Å²) < 4.78 is 23.3. The molecule has 1 N–H and O–H groups in total. The van der Waals surface area contributed by atoms with E-state index in [9.17, 15) is 18.0 Å². The summed E-state index contributed by atoms with van der Waals surface area (Å²) in [5.74, 6) is -0.468. The predicted molar refractivity (Wildman–Crippen MR) is 87.2 cm³/mol. The molecule has 0 bridgehead atoms. The van der Waals surface area contributed by atoms with Crippen LogP contribution in [-0.4, -0.2) is 37.4 Å². The van der Waals surface area contributed by atoms with Gasteiger partial charge < -0.3 is 5.32 Å². The molecule has 1 aromatic rings. The maximum absolute atomic E-state index is 13.0. The van der Waals surface area contributed by atoms with E-state index in [-0.39, 0.29) is 30.3 Å². The van der Waals surface area contributed by atoms with Gasteiger partial charge in [0.05, 0.1) is 17.2 Å². The molecule has 2 aliphatic rings. The van der Waals surface area contributed by atoms with Crippen molar-refractivity contribution in [2.24, 2.45) is 0 Å². The Morgan fingerprint density at radius 1 is 1.22 bits per heavy atom. The van der Waals surface area contributed by atoms with E-state index in [1.165, 1.54) is 4.90 Å². The summed E-state index contributed by atoms with van der Waals surface area (Å²) in [4.78, 5) is 26.7. The van der Waals surface area contributed by atoms with Crippen LogP contribution in [0.2, 0.25) is 0 Å². The molecule has 1 aromatic carbocycles. The minimum absolute atomic E-state index is 0.0682. The van der Waals surface area contributed by atoms with Gasteiger partial charge in [0.15, 0.2) is 9.84 Å². The third-order valence-electron chi connectivity index (χ3n) is 4.77. The highest BCUT2D eigenvalue weighted by Gasteiger charge is 2.54. The third-order valence-corrected chi connectivity index (χ3v) is 6.42. The summed E-state index contributed by atoms with van der Waals surface area (Å²) in [7, 11) is -3.11. The Morgan fingerprint density at radius 2 is 1.87 bits per heavy atom. The van der Waals surface area contributed by atoms with Crippen molar-refractivity contribution in [3.8, 4) is 0 Å². The Morgan fingerprint density at radius 3 is 2.48 bits per heavy atom. The van der Waals surface area contributed by atoms with E-state index in [0.717, 1.165) is 11.1 Å². The Labute approximate surface area is 135 Å². The number of hydrogen-bond acceptors (Lipinski definition) is 4. The number of urea groups is 1. The van der Waals surface area contributed by atoms with Crippen LogP contribution in [0.1, 0.15) is 30.9 Å². The molecule has 0 aliphatic carbocycles. The van der Waals surface area contributed by atoms with E-state index in [4.69, 9.17) is 0 Å². The molecule has 0 aromatic heterocycles. The number of para-hydroxylation sites is 1. The van der Waals surface area contributed by atoms with Crippen LogP contribution in [0.3, 0.4) is 0 Å². The normalized spacial score (nSPS) is 22.4. The molecule has 2 aliphatic heterocycles. The van der Waals surface area contributed by atoms with Gasteiger partial charge in [-0.3, -0.25) is 4.79 Å². The highest BCUT2D eigenvalue weighted by Crippen LogP contribution is 2.36. The van der Waals surface area contributed by atoms with Gasteiger partial charge in [-0.15, -0.1) is 0 Å². The molecule has 0 unspecified atom stereocenters. The number of rotatable bonds is 2. The summed E-state index contributed by atoms with van der Waals surface area (Å²) in [5, 5.41) is 2.76. The first-order valence-electron chi connectivity index (χ1n) is 7.75. The van der Waals surface area contributed by atoms with Crippen molar-refractivity contribution >= 4 is 27.5 Å². The minimum Gasteiger partial charge on any atom is -0.323 e. The zero-order chi connectivity index (χ0) is 16.8. The Balaban J connectivity index is 2.01. The number of sulfone groups is 1. The van der Waals surface area contributed by atoms with Gasteiger partial charge in [0.1, 0.15) is 5.54 Å². The second kappa shape index (κ2) is 5.33. The Kier molecular flexibility index (Phi) is 3.71. The largest absolute Gasteiger partial charge is 0.329 e. The Bertz CT molecular complexity index is 771. The maximum atomic E-state index is 13.0. The number of carbonyl (C=O) groups excluding carboxylic acids is 2. The smallest absolute Gasteiger partial charge is 0.323 e. The molecule has 7 heteroatoms. The zero-order valence-electron chi connectivity index (χ0n) is 13.3. The second-order valence-corrected chi connectivity index (χ2v) is 8.54. The fourth-order valence-electron chi connectivity index (χ4n) is 3.37. The van der Waals surface area contributed by atoms with Gasteiger partial charge in [-0.2, -0.15) is 0 Å². The van der Waals surface area contributed by atoms with Crippen molar-refractivity contribution in [1.29, 1.82) is 0 Å². The number of benzene rings is 1. The molecule has 6 nitrogen and oxygen atoms in total. The lowest BCUT2D eigenvalue weighted by atomic mass is 9.92. The van der Waals surface area contributed by atoms with Crippen molar-refractivity contribution in [1.82, 2.24) is 5.32 Å². The SMILES string of the molecule is CCc1cccc(C)c1N1C(=O)NC2(CCS(=O)(=O)CC2)C1=O. The molecule has 2 fully saturated rings. The first kappa shape index (κ1) is 16.0. The second-order valence-electron chi connectivity index (χ2n) is 6.24. The summed E-state index contributed by atoms with van der Waals surface area (Å²) in [5.41, 5.74) is 1.33. The molecule has 3 rings (SSSR count). The van der Waals surface area contributed by atoms with Crippen LogP contribution in [0.15, 0.2) is 18.2 Å². The summed E-state index contributed by atoms with van der Waals surface area (Å²) in [6.07, 6.45) is 0.989. The molecule has 23 heavy (non-hydrogen) atoms. The van der Waals surface area contributed by atoms with Crippen LogP contribution >= 0.6 is 0 Å². The number of aryl methyl sites for hydroxylation is 2. The molecule has 0 radical (unpaired) electrons. The lowest BCUT2D eigenvalue weighted by Crippen LogP contribution is -2.52. The number of nitrogens with one attached hydrogen (secondary N) is 1. The minimum atomic E-state index is -3.11. The van der Waals surface area contributed by atoms with E-state index in [1.807, 2.05) is 32.0 Å². The highest BCUT2D eigenvalue weighted by atomic mass is 32.2. The predicted octanol–water partition coefficient (Wildman–Crippen LogP) is 1.56. The average molecular weight is 336 g/mol. The first-order valence-corrected chi connectivity index (χ1v) is 9.57. The van der Waals surface area contributed by atoms with Gasteiger partial charge in [0.2, 0.25) is 0 Å². The molecule has 0 saturated carbocycles. The number of hydrogen-bond donors (Lipinski definition) is 1. The van der Waals surface area contributed by atoms with Gasteiger partial charge in [0, 0.05) is 0 Å². The first-order chi connectivity index (χ1) is 10.8. The maximum Gasteiger partial charge on any atom is 0.329 e. The zero-order valence-corrected chi connectivity index (χ0v) is 14.1. The summed E-state index contributed by atoms with van der Waals surface area (Å²) in [6, 6.07) is 5.21. The lowest BCUT2D eigenvalue weighted by Gasteiger charge is -2.30. The fourth-order valence-corrected chi connectivity index (χ4v) is 4.90. The van der Waals surface area contributed by atoms with Crippen LogP contribution in [0.4, 0.5) is 10.5 Å². The lowest BCUT2D eigenvalue weighted by molar-refractivity contribution is -0.122. The van der Waals surface area contributed by atoms with E-state index < -0.39 is 21.4 Å². The number of imide groups is 1. The number of nitrogens with zero attached hydrogens (tertiary/aromatic N) is 1. The van der Waals surface area contributed by atoms with E-state index in [2.05, 4.69) is 5.32 Å². The fraction of sp³-hybridized carbons (Fsp3) is 0.500. The van der Waals surface area contributed by atoms with E-state index >= 15 is 0 Å². The van der Waals surface area contributed by atoms with E-state index in [1.54, 1.807) is 0 Å². The van der Waals surface area contributed by atoms with Crippen molar-refractivity contribution in [3.63, 3.8) is 0 Å². The third kappa shape index (κ3) is 2.52.